The van der Waals surface area contributed by atoms with Crippen molar-refractivity contribution in [1.82, 2.24) is 5.01 Å². The largest absolute Gasteiger partial charge is 0.271 e. The van der Waals surface area contributed by atoms with Crippen LogP contribution >= 0.6 is 0 Å². The average Bonchev–Trinajstić information content (AvgIpc) is 2.87. The fourth-order valence-corrected chi connectivity index (χ4v) is 0.763. The van der Waals surface area contributed by atoms with E-state index < -0.39 is 0 Å². The smallest absolute Gasteiger partial charge is 0.0520 e. The maximum atomic E-state index is 4.09. The van der Waals surface area contributed by atoms with Gasteiger partial charge in [-0.1, -0.05) is 20.4 Å². The first kappa shape index (κ1) is 10.2. The molecule has 1 rings (SSSR count). The Morgan fingerprint density at radius 1 is 1.45 bits per heavy atom. The molecule has 1 aliphatic carbocycles. The lowest BCUT2D eigenvalue weighted by molar-refractivity contribution is 0.392. The highest BCUT2D eigenvalue weighted by molar-refractivity contribution is 5.52. The third-order valence-electron chi connectivity index (χ3n) is 1.36. The number of hydrogen-bond acceptors (Lipinski definition) is 2. The van der Waals surface area contributed by atoms with E-state index in [-0.39, 0.29) is 0 Å². The van der Waals surface area contributed by atoms with Gasteiger partial charge in [-0.2, -0.15) is 5.10 Å². The summed E-state index contributed by atoms with van der Waals surface area (Å²) in [7, 11) is 0. The minimum absolute atomic E-state index is 0.652. The Labute approximate surface area is 69.6 Å². The van der Waals surface area contributed by atoms with E-state index in [1.807, 2.05) is 25.8 Å². The van der Waals surface area contributed by atoms with Gasteiger partial charge in [-0.15, -0.1) is 0 Å². The predicted molar refractivity (Wildman–Crippen MR) is 50.6 cm³/mol. The summed E-state index contributed by atoms with van der Waals surface area (Å²) in [6, 6.07) is 0.652. The van der Waals surface area contributed by atoms with Crippen molar-refractivity contribution < 1.29 is 0 Å². The SMILES string of the molecule is C=CN(/N=C\C)C1CC1.CC. The maximum Gasteiger partial charge on any atom is 0.0520 e. The number of hydrazone groups is 1. The molecular formula is C9H18N2. The van der Waals surface area contributed by atoms with Gasteiger partial charge in [0.15, 0.2) is 0 Å². The van der Waals surface area contributed by atoms with Crippen LogP contribution in [0.25, 0.3) is 0 Å². The Morgan fingerprint density at radius 3 is 2.27 bits per heavy atom. The molecule has 0 saturated heterocycles. The Kier molecular flexibility index (Phi) is 5.53. The van der Waals surface area contributed by atoms with Gasteiger partial charge in [0.1, 0.15) is 0 Å². The van der Waals surface area contributed by atoms with Gasteiger partial charge in [-0.3, -0.25) is 5.01 Å². The van der Waals surface area contributed by atoms with Crippen LogP contribution in [0.1, 0.15) is 33.6 Å². The second kappa shape index (κ2) is 5.96. The van der Waals surface area contributed by atoms with Gasteiger partial charge in [0.05, 0.1) is 6.04 Å². The summed E-state index contributed by atoms with van der Waals surface area (Å²) in [6.45, 7) is 9.57. The molecular weight excluding hydrogens is 136 g/mol. The molecule has 0 aliphatic heterocycles. The van der Waals surface area contributed by atoms with E-state index in [1.54, 1.807) is 12.4 Å². The molecule has 0 aromatic heterocycles. The second-order valence-electron chi connectivity index (χ2n) is 2.17. The maximum absolute atomic E-state index is 4.09. The van der Waals surface area contributed by atoms with Crippen LogP contribution in [0.3, 0.4) is 0 Å². The van der Waals surface area contributed by atoms with Crippen LogP contribution < -0.4 is 0 Å². The minimum Gasteiger partial charge on any atom is -0.271 e. The summed E-state index contributed by atoms with van der Waals surface area (Å²) >= 11 is 0. The Bertz CT molecular complexity index is 126. The van der Waals surface area contributed by atoms with Crippen molar-refractivity contribution in [3.63, 3.8) is 0 Å². The summed E-state index contributed by atoms with van der Waals surface area (Å²) < 4.78 is 0. The first-order valence-electron chi connectivity index (χ1n) is 4.28. The average molecular weight is 154 g/mol. The topological polar surface area (TPSA) is 15.6 Å². The van der Waals surface area contributed by atoms with Crippen LogP contribution in [0.2, 0.25) is 0 Å². The van der Waals surface area contributed by atoms with Crippen molar-refractivity contribution in [2.24, 2.45) is 5.10 Å². The zero-order valence-electron chi connectivity index (χ0n) is 7.75. The minimum atomic E-state index is 0.652. The molecule has 0 amide bonds. The first-order chi connectivity index (χ1) is 5.38. The van der Waals surface area contributed by atoms with E-state index in [2.05, 4.69) is 11.7 Å². The molecule has 2 heteroatoms. The third kappa shape index (κ3) is 3.81. The van der Waals surface area contributed by atoms with Crippen LogP contribution in [0.4, 0.5) is 0 Å². The Morgan fingerprint density at radius 2 is 2.00 bits per heavy atom. The number of nitrogens with zero attached hydrogens (tertiary/aromatic N) is 2. The number of rotatable bonds is 3. The van der Waals surface area contributed by atoms with Gasteiger partial charge in [0.2, 0.25) is 0 Å². The van der Waals surface area contributed by atoms with Gasteiger partial charge in [0.25, 0.3) is 0 Å². The standard InChI is InChI=1S/C7H12N2.C2H6/c1-3-8-9(4-2)7-5-6-7;1-2/h3-4,7H,2,5-6H2,1H3;1-2H3/b8-3-;. The molecule has 1 aliphatic rings. The highest BCUT2D eigenvalue weighted by atomic mass is 15.5. The molecule has 0 aromatic rings. The van der Waals surface area contributed by atoms with E-state index in [0.29, 0.717) is 6.04 Å². The lowest BCUT2D eigenvalue weighted by atomic mass is 10.7. The summed E-state index contributed by atoms with van der Waals surface area (Å²) in [5.74, 6) is 0. The van der Waals surface area contributed by atoms with Crippen LogP contribution in [0.5, 0.6) is 0 Å². The lowest BCUT2D eigenvalue weighted by Crippen LogP contribution is -2.10. The van der Waals surface area contributed by atoms with Gasteiger partial charge < -0.3 is 0 Å². The molecule has 1 saturated carbocycles. The number of hydrogen-bond donors (Lipinski definition) is 0. The van der Waals surface area contributed by atoms with E-state index in [0.717, 1.165) is 0 Å². The Balaban J connectivity index is 0.000000461. The zero-order valence-corrected chi connectivity index (χ0v) is 7.75. The highest BCUT2D eigenvalue weighted by Gasteiger charge is 2.25. The van der Waals surface area contributed by atoms with Gasteiger partial charge >= 0.3 is 0 Å². The van der Waals surface area contributed by atoms with Crippen molar-refractivity contribution in [1.29, 1.82) is 0 Å². The van der Waals surface area contributed by atoms with Gasteiger partial charge in [-0.05, 0) is 19.8 Å². The van der Waals surface area contributed by atoms with E-state index in [1.165, 1.54) is 12.8 Å². The molecule has 11 heavy (non-hydrogen) atoms. The monoisotopic (exact) mass is 154 g/mol. The summed E-state index contributed by atoms with van der Waals surface area (Å²) in [4.78, 5) is 0. The molecule has 0 heterocycles. The fraction of sp³-hybridized carbons (Fsp3) is 0.667. The molecule has 0 N–H and O–H groups in total. The van der Waals surface area contributed by atoms with Crippen LogP contribution in [0, 0.1) is 0 Å². The molecule has 0 aromatic carbocycles. The van der Waals surface area contributed by atoms with Crippen LogP contribution in [-0.2, 0) is 0 Å². The first-order valence-corrected chi connectivity index (χ1v) is 4.28. The molecule has 0 radical (unpaired) electrons. The molecule has 0 spiro atoms. The summed E-state index contributed by atoms with van der Waals surface area (Å²) in [5, 5.41) is 6.01. The van der Waals surface area contributed by atoms with E-state index in [4.69, 9.17) is 0 Å². The fourth-order valence-electron chi connectivity index (χ4n) is 0.763. The molecule has 0 unspecified atom stereocenters. The van der Waals surface area contributed by atoms with E-state index in [9.17, 15) is 0 Å². The Hall–Kier alpha value is -0.790. The lowest BCUT2D eigenvalue weighted by Gasteiger charge is -2.10. The summed E-state index contributed by atoms with van der Waals surface area (Å²) in [6.07, 6.45) is 6.10. The van der Waals surface area contributed by atoms with Crippen molar-refractivity contribution in [3.8, 4) is 0 Å². The summed E-state index contributed by atoms with van der Waals surface area (Å²) in [5.41, 5.74) is 0. The van der Waals surface area contributed by atoms with Crippen molar-refractivity contribution in [3.05, 3.63) is 12.8 Å². The van der Waals surface area contributed by atoms with E-state index >= 15 is 0 Å². The third-order valence-corrected chi connectivity index (χ3v) is 1.36. The predicted octanol–water partition coefficient (Wildman–Crippen LogP) is 2.63. The van der Waals surface area contributed by atoms with Crippen molar-refractivity contribution in [2.45, 2.75) is 39.7 Å². The quantitative estimate of drug-likeness (QED) is 0.450. The van der Waals surface area contributed by atoms with Crippen LogP contribution in [-0.4, -0.2) is 17.3 Å². The molecule has 64 valence electrons. The second-order valence-corrected chi connectivity index (χ2v) is 2.17. The normalized spacial score (nSPS) is 15.5. The van der Waals surface area contributed by atoms with Crippen LogP contribution in [0.15, 0.2) is 17.9 Å². The van der Waals surface area contributed by atoms with Gasteiger partial charge in [-0.25, -0.2) is 0 Å². The zero-order chi connectivity index (χ0) is 8.69. The molecule has 1 fully saturated rings. The van der Waals surface area contributed by atoms with Gasteiger partial charge in [0, 0.05) is 12.4 Å². The highest BCUT2D eigenvalue weighted by Crippen LogP contribution is 2.26. The molecule has 2 nitrogen and oxygen atoms in total. The van der Waals surface area contributed by atoms with Crippen molar-refractivity contribution in [2.75, 3.05) is 0 Å². The van der Waals surface area contributed by atoms with Crippen molar-refractivity contribution >= 4 is 6.21 Å². The molecule has 0 atom stereocenters. The molecule has 0 bridgehead atoms.